The first-order valence-corrected chi connectivity index (χ1v) is 3.55. The van der Waals surface area contributed by atoms with E-state index in [0.29, 0.717) is 5.92 Å². The molecule has 10 heavy (non-hydrogen) atoms. The topological polar surface area (TPSA) is 29.5 Å². The smallest absolute Gasteiger partial charge is 0.156 e. The van der Waals surface area contributed by atoms with E-state index in [1.807, 2.05) is 18.2 Å². The van der Waals surface area contributed by atoms with Crippen molar-refractivity contribution in [3.05, 3.63) is 24.3 Å². The van der Waals surface area contributed by atoms with Crippen LogP contribution in [0.2, 0.25) is 0 Å². The van der Waals surface area contributed by atoms with Crippen LogP contribution in [0.4, 0.5) is 0 Å². The fourth-order valence-electron chi connectivity index (χ4n) is 1.46. The molecule has 0 saturated carbocycles. The summed E-state index contributed by atoms with van der Waals surface area (Å²) in [6.07, 6.45) is 8.34. The zero-order valence-corrected chi connectivity index (χ0v) is 5.60. The fraction of sp³-hybridized carbons (Fsp3) is 0.500. The Bertz CT molecular complexity index is 164. The van der Waals surface area contributed by atoms with Crippen LogP contribution in [0, 0.1) is 5.92 Å². The molecule has 0 aromatic heterocycles. The molecule has 2 rings (SSSR count). The number of hydrogen-bond donors (Lipinski definition) is 1. The predicted octanol–water partition coefficient (Wildman–Crippen LogP) is 0.836. The predicted molar refractivity (Wildman–Crippen MR) is 37.3 cm³/mol. The first-order valence-electron chi connectivity index (χ1n) is 3.55. The molecule has 2 aliphatic rings. The monoisotopic (exact) mass is 138 g/mol. The van der Waals surface area contributed by atoms with E-state index in [1.165, 1.54) is 0 Å². The highest BCUT2D eigenvalue weighted by Gasteiger charge is 2.31. The maximum absolute atomic E-state index is 9.07. The molecule has 0 aromatic carbocycles. The molecular formula is C8H10O2. The van der Waals surface area contributed by atoms with E-state index >= 15 is 0 Å². The Hall–Kier alpha value is -0.600. The molecule has 2 nitrogen and oxygen atoms in total. The second-order valence-corrected chi connectivity index (χ2v) is 2.72. The van der Waals surface area contributed by atoms with Gasteiger partial charge in [-0.1, -0.05) is 24.3 Å². The largest absolute Gasteiger partial charge is 0.368 e. The van der Waals surface area contributed by atoms with E-state index in [9.17, 15) is 0 Å². The van der Waals surface area contributed by atoms with Crippen molar-refractivity contribution in [3.63, 3.8) is 0 Å². The second-order valence-electron chi connectivity index (χ2n) is 2.72. The number of hydrogen-bond acceptors (Lipinski definition) is 2. The molecule has 2 heteroatoms. The highest BCUT2D eigenvalue weighted by atomic mass is 16.6. The summed E-state index contributed by atoms with van der Waals surface area (Å²) in [5.74, 6) is 0.403. The van der Waals surface area contributed by atoms with Crippen molar-refractivity contribution < 1.29 is 9.84 Å². The van der Waals surface area contributed by atoms with E-state index in [-0.39, 0.29) is 6.10 Å². The molecule has 1 heterocycles. The first-order chi connectivity index (χ1) is 4.86. The minimum absolute atomic E-state index is 0.125. The Kier molecular flexibility index (Phi) is 1.36. The van der Waals surface area contributed by atoms with E-state index in [2.05, 4.69) is 6.08 Å². The summed E-state index contributed by atoms with van der Waals surface area (Å²) in [6.45, 7) is 0. The fourth-order valence-corrected chi connectivity index (χ4v) is 1.46. The Balaban J connectivity index is 2.14. The van der Waals surface area contributed by atoms with E-state index in [0.717, 1.165) is 6.42 Å². The number of allylic oxidation sites excluding steroid dienone is 2. The second kappa shape index (κ2) is 2.22. The lowest BCUT2D eigenvalue weighted by Crippen LogP contribution is -2.12. The Morgan fingerprint density at radius 1 is 1.30 bits per heavy atom. The van der Waals surface area contributed by atoms with Crippen molar-refractivity contribution in [2.75, 3.05) is 0 Å². The van der Waals surface area contributed by atoms with Crippen molar-refractivity contribution in [1.82, 2.24) is 0 Å². The third kappa shape index (κ3) is 0.895. The van der Waals surface area contributed by atoms with Crippen LogP contribution in [0.5, 0.6) is 0 Å². The first kappa shape index (κ1) is 6.13. The Morgan fingerprint density at radius 3 is 2.90 bits per heavy atom. The summed E-state index contributed by atoms with van der Waals surface area (Å²) in [6, 6.07) is 0. The minimum Gasteiger partial charge on any atom is -0.368 e. The van der Waals surface area contributed by atoms with Crippen molar-refractivity contribution >= 4 is 0 Å². The summed E-state index contributed by atoms with van der Waals surface area (Å²) in [5.41, 5.74) is 0. The standard InChI is InChI=1S/C8H10O2/c9-8-5-6-3-1-2-4-7(6)10-8/h1-4,6-9H,5H2. The summed E-state index contributed by atoms with van der Waals surface area (Å²) in [7, 11) is 0. The highest BCUT2D eigenvalue weighted by Crippen LogP contribution is 2.29. The molecule has 0 aromatic rings. The molecule has 0 bridgehead atoms. The van der Waals surface area contributed by atoms with E-state index in [1.54, 1.807) is 0 Å². The van der Waals surface area contributed by atoms with Crippen LogP contribution in [0.1, 0.15) is 6.42 Å². The van der Waals surface area contributed by atoms with Crippen molar-refractivity contribution in [3.8, 4) is 0 Å². The van der Waals surface area contributed by atoms with Crippen LogP contribution in [0.25, 0.3) is 0 Å². The lowest BCUT2D eigenvalue weighted by molar-refractivity contribution is -0.0785. The maximum Gasteiger partial charge on any atom is 0.156 e. The maximum atomic E-state index is 9.07. The molecule has 1 aliphatic carbocycles. The SMILES string of the molecule is OC1CC2C=CC=CC2O1. The quantitative estimate of drug-likeness (QED) is 0.537. The molecule has 3 unspecified atom stereocenters. The van der Waals surface area contributed by atoms with Gasteiger partial charge in [-0.15, -0.1) is 0 Å². The minimum atomic E-state index is -0.553. The molecule has 1 saturated heterocycles. The van der Waals surface area contributed by atoms with Crippen molar-refractivity contribution in [2.24, 2.45) is 5.92 Å². The number of aliphatic hydroxyl groups is 1. The molecule has 3 atom stereocenters. The Morgan fingerprint density at radius 2 is 2.10 bits per heavy atom. The van der Waals surface area contributed by atoms with Crippen LogP contribution in [-0.4, -0.2) is 17.5 Å². The van der Waals surface area contributed by atoms with Gasteiger partial charge < -0.3 is 9.84 Å². The van der Waals surface area contributed by atoms with Crippen molar-refractivity contribution in [1.29, 1.82) is 0 Å². The third-order valence-electron chi connectivity index (χ3n) is 1.98. The van der Waals surface area contributed by atoms with Gasteiger partial charge in [-0.2, -0.15) is 0 Å². The molecule has 1 N–H and O–H groups in total. The molecule has 54 valence electrons. The normalized spacial score (nSPS) is 43.9. The number of fused-ring (bicyclic) bond motifs is 1. The van der Waals surface area contributed by atoms with Gasteiger partial charge in [0.2, 0.25) is 0 Å². The Labute approximate surface area is 59.8 Å². The zero-order chi connectivity index (χ0) is 6.97. The number of aliphatic hydroxyl groups excluding tert-OH is 1. The van der Waals surface area contributed by atoms with Gasteiger partial charge in [0.15, 0.2) is 6.29 Å². The van der Waals surface area contributed by atoms with Crippen LogP contribution >= 0.6 is 0 Å². The van der Waals surface area contributed by atoms with Gasteiger partial charge in [0, 0.05) is 12.3 Å². The van der Waals surface area contributed by atoms with Gasteiger partial charge in [0.05, 0.1) is 6.10 Å². The molecule has 1 fully saturated rings. The molecule has 0 spiro atoms. The van der Waals surface area contributed by atoms with Gasteiger partial charge >= 0.3 is 0 Å². The van der Waals surface area contributed by atoms with Gasteiger partial charge in [0.25, 0.3) is 0 Å². The van der Waals surface area contributed by atoms with Gasteiger partial charge in [-0.3, -0.25) is 0 Å². The van der Waals surface area contributed by atoms with E-state index in [4.69, 9.17) is 9.84 Å². The number of rotatable bonds is 0. The zero-order valence-electron chi connectivity index (χ0n) is 5.60. The molecule has 0 amide bonds. The van der Waals surface area contributed by atoms with Gasteiger partial charge in [0.1, 0.15) is 0 Å². The van der Waals surface area contributed by atoms with Crippen LogP contribution in [0.3, 0.4) is 0 Å². The molecule has 0 radical (unpaired) electrons. The van der Waals surface area contributed by atoms with Gasteiger partial charge in [-0.25, -0.2) is 0 Å². The van der Waals surface area contributed by atoms with Crippen molar-refractivity contribution in [2.45, 2.75) is 18.8 Å². The van der Waals surface area contributed by atoms with Crippen LogP contribution in [-0.2, 0) is 4.74 Å². The summed E-state index contributed by atoms with van der Waals surface area (Å²) in [5, 5.41) is 9.07. The summed E-state index contributed by atoms with van der Waals surface area (Å²) >= 11 is 0. The lowest BCUT2D eigenvalue weighted by atomic mass is 9.97. The van der Waals surface area contributed by atoms with E-state index < -0.39 is 6.29 Å². The lowest BCUT2D eigenvalue weighted by Gasteiger charge is -2.11. The molecular weight excluding hydrogens is 128 g/mol. The van der Waals surface area contributed by atoms with Crippen LogP contribution < -0.4 is 0 Å². The third-order valence-corrected chi connectivity index (χ3v) is 1.98. The van der Waals surface area contributed by atoms with Gasteiger partial charge in [-0.05, 0) is 0 Å². The number of ether oxygens (including phenoxy) is 1. The molecule has 1 aliphatic heterocycles. The average molecular weight is 138 g/mol. The van der Waals surface area contributed by atoms with Crippen LogP contribution in [0.15, 0.2) is 24.3 Å². The average Bonchev–Trinajstić information content (AvgIpc) is 2.27. The highest BCUT2D eigenvalue weighted by molar-refractivity contribution is 5.16. The summed E-state index contributed by atoms with van der Waals surface area (Å²) < 4.78 is 5.18. The summed E-state index contributed by atoms with van der Waals surface area (Å²) in [4.78, 5) is 0.